The number of carbonyl (C=O) groups is 1. The van der Waals surface area contributed by atoms with Crippen molar-refractivity contribution in [3.8, 4) is 22.8 Å². The van der Waals surface area contributed by atoms with Gasteiger partial charge in [-0.15, -0.1) is 0 Å². The van der Waals surface area contributed by atoms with E-state index in [4.69, 9.17) is 9.47 Å². The Labute approximate surface area is 164 Å². The summed E-state index contributed by atoms with van der Waals surface area (Å²) in [7, 11) is 3.19. The quantitative estimate of drug-likeness (QED) is 0.578. The second kappa shape index (κ2) is 8.94. The standard InChI is InChI=1S/C21H24N4O3/c1-4-17-20(23-21(26)22-13-14-8-6-5-7-9-14)19(25-24-17)16-11-10-15(27-2)12-18(16)28-3/h5-12H,4,13H2,1-3H3,(H,24,25)(H2,22,23,26). The van der Waals surface area contributed by atoms with Gasteiger partial charge < -0.3 is 20.1 Å². The maximum atomic E-state index is 12.5. The predicted octanol–water partition coefficient (Wildman–Crippen LogP) is 3.98. The van der Waals surface area contributed by atoms with Crippen molar-refractivity contribution in [1.29, 1.82) is 0 Å². The van der Waals surface area contributed by atoms with Crippen molar-refractivity contribution in [2.45, 2.75) is 19.9 Å². The molecule has 1 heterocycles. The number of ether oxygens (including phenoxy) is 2. The molecule has 0 aliphatic carbocycles. The Morgan fingerprint density at radius 2 is 1.89 bits per heavy atom. The highest BCUT2D eigenvalue weighted by Gasteiger charge is 2.19. The third kappa shape index (κ3) is 4.25. The Morgan fingerprint density at radius 1 is 1.11 bits per heavy atom. The molecule has 0 spiro atoms. The molecule has 0 aliphatic heterocycles. The van der Waals surface area contributed by atoms with Crippen molar-refractivity contribution in [3.05, 3.63) is 59.8 Å². The fourth-order valence-corrected chi connectivity index (χ4v) is 2.89. The van der Waals surface area contributed by atoms with Crippen molar-refractivity contribution in [2.24, 2.45) is 0 Å². The number of methoxy groups -OCH3 is 2. The van der Waals surface area contributed by atoms with E-state index in [0.717, 1.165) is 16.8 Å². The summed E-state index contributed by atoms with van der Waals surface area (Å²) in [5.74, 6) is 1.29. The van der Waals surface area contributed by atoms with Crippen LogP contribution in [0.4, 0.5) is 10.5 Å². The second-order valence-electron chi connectivity index (χ2n) is 6.14. The minimum atomic E-state index is -0.298. The van der Waals surface area contributed by atoms with E-state index in [2.05, 4.69) is 20.8 Å². The molecular formula is C21H24N4O3. The van der Waals surface area contributed by atoms with Gasteiger partial charge >= 0.3 is 6.03 Å². The van der Waals surface area contributed by atoms with E-state index in [-0.39, 0.29) is 6.03 Å². The highest BCUT2D eigenvalue weighted by molar-refractivity contribution is 5.95. The minimum Gasteiger partial charge on any atom is -0.497 e. The topological polar surface area (TPSA) is 88.3 Å². The Bertz CT molecular complexity index is 938. The molecule has 2 aromatic carbocycles. The van der Waals surface area contributed by atoms with E-state index in [1.807, 2.05) is 49.4 Å². The van der Waals surface area contributed by atoms with Crippen LogP contribution in [0, 0.1) is 0 Å². The van der Waals surface area contributed by atoms with E-state index in [9.17, 15) is 4.79 Å². The number of anilines is 1. The van der Waals surface area contributed by atoms with E-state index in [1.54, 1.807) is 20.3 Å². The molecule has 0 radical (unpaired) electrons. The first kappa shape index (κ1) is 19.3. The predicted molar refractivity (Wildman–Crippen MR) is 109 cm³/mol. The molecule has 0 bridgehead atoms. The van der Waals surface area contributed by atoms with Crippen LogP contribution >= 0.6 is 0 Å². The van der Waals surface area contributed by atoms with Gasteiger partial charge in [-0.1, -0.05) is 37.3 Å². The van der Waals surface area contributed by atoms with Gasteiger partial charge in [0.1, 0.15) is 17.2 Å². The van der Waals surface area contributed by atoms with Crippen molar-refractivity contribution in [2.75, 3.05) is 19.5 Å². The zero-order chi connectivity index (χ0) is 19.9. The van der Waals surface area contributed by atoms with Gasteiger partial charge in [0.25, 0.3) is 0 Å². The summed E-state index contributed by atoms with van der Waals surface area (Å²) in [6.07, 6.45) is 0.694. The van der Waals surface area contributed by atoms with E-state index in [1.165, 1.54) is 0 Å². The van der Waals surface area contributed by atoms with Gasteiger partial charge in [0.05, 0.1) is 25.6 Å². The zero-order valence-corrected chi connectivity index (χ0v) is 16.2. The van der Waals surface area contributed by atoms with Crippen LogP contribution in [-0.2, 0) is 13.0 Å². The first-order valence-corrected chi connectivity index (χ1v) is 9.04. The Kier molecular flexibility index (Phi) is 6.16. The largest absolute Gasteiger partial charge is 0.497 e. The number of hydrogen-bond acceptors (Lipinski definition) is 4. The number of nitrogens with zero attached hydrogens (tertiary/aromatic N) is 1. The third-order valence-corrected chi connectivity index (χ3v) is 4.39. The molecule has 3 aromatic rings. The monoisotopic (exact) mass is 380 g/mol. The molecular weight excluding hydrogens is 356 g/mol. The van der Waals surface area contributed by atoms with E-state index < -0.39 is 0 Å². The Balaban J connectivity index is 1.84. The van der Waals surface area contributed by atoms with Gasteiger partial charge in [0, 0.05) is 18.2 Å². The summed E-state index contributed by atoms with van der Waals surface area (Å²) in [6, 6.07) is 14.9. The smallest absolute Gasteiger partial charge is 0.319 e. The number of hydrogen-bond donors (Lipinski definition) is 3. The summed E-state index contributed by atoms with van der Waals surface area (Å²) >= 11 is 0. The Morgan fingerprint density at radius 3 is 2.57 bits per heavy atom. The van der Waals surface area contributed by atoms with Gasteiger partial charge in [-0.2, -0.15) is 5.10 Å². The molecule has 2 amide bonds. The first-order valence-electron chi connectivity index (χ1n) is 9.04. The van der Waals surface area contributed by atoms with E-state index >= 15 is 0 Å². The molecule has 28 heavy (non-hydrogen) atoms. The number of aromatic amines is 1. The summed E-state index contributed by atoms with van der Waals surface area (Å²) in [5.41, 5.74) is 3.88. The van der Waals surface area contributed by atoms with Crippen LogP contribution in [0.2, 0.25) is 0 Å². The highest BCUT2D eigenvalue weighted by atomic mass is 16.5. The SMILES string of the molecule is CCc1[nH]nc(-c2ccc(OC)cc2OC)c1NC(=O)NCc1ccccc1. The fourth-order valence-electron chi connectivity index (χ4n) is 2.89. The van der Waals surface area contributed by atoms with Crippen molar-refractivity contribution in [1.82, 2.24) is 15.5 Å². The lowest BCUT2D eigenvalue weighted by Gasteiger charge is -2.12. The normalized spacial score (nSPS) is 10.4. The average molecular weight is 380 g/mol. The molecule has 0 fully saturated rings. The molecule has 0 saturated carbocycles. The summed E-state index contributed by atoms with van der Waals surface area (Å²) in [5, 5.41) is 13.2. The summed E-state index contributed by atoms with van der Waals surface area (Å²) in [4.78, 5) is 12.5. The van der Waals surface area contributed by atoms with Crippen LogP contribution in [-0.4, -0.2) is 30.4 Å². The van der Waals surface area contributed by atoms with Gasteiger partial charge in [-0.3, -0.25) is 5.10 Å². The van der Waals surface area contributed by atoms with Gasteiger partial charge in [-0.05, 0) is 24.1 Å². The van der Waals surface area contributed by atoms with Crippen molar-refractivity contribution < 1.29 is 14.3 Å². The van der Waals surface area contributed by atoms with Gasteiger partial charge in [0.15, 0.2) is 0 Å². The lowest BCUT2D eigenvalue weighted by molar-refractivity contribution is 0.251. The van der Waals surface area contributed by atoms with Crippen molar-refractivity contribution in [3.63, 3.8) is 0 Å². The van der Waals surface area contributed by atoms with Crippen LogP contribution < -0.4 is 20.1 Å². The Hall–Kier alpha value is -3.48. The summed E-state index contributed by atoms with van der Waals surface area (Å²) < 4.78 is 10.7. The maximum Gasteiger partial charge on any atom is 0.319 e. The molecule has 1 aromatic heterocycles. The highest BCUT2D eigenvalue weighted by Crippen LogP contribution is 2.37. The van der Waals surface area contributed by atoms with Crippen LogP contribution in [0.5, 0.6) is 11.5 Å². The minimum absolute atomic E-state index is 0.298. The third-order valence-electron chi connectivity index (χ3n) is 4.39. The molecule has 146 valence electrons. The van der Waals surface area contributed by atoms with Crippen molar-refractivity contribution >= 4 is 11.7 Å². The zero-order valence-electron chi connectivity index (χ0n) is 16.2. The number of nitrogens with one attached hydrogen (secondary N) is 3. The van der Waals surface area contributed by atoms with Gasteiger partial charge in [0.2, 0.25) is 0 Å². The number of aromatic nitrogens is 2. The van der Waals surface area contributed by atoms with Crippen LogP contribution in [0.1, 0.15) is 18.2 Å². The molecule has 0 atom stereocenters. The molecule has 7 nitrogen and oxygen atoms in total. The molecule has 0 aliphatic rings. The number of urea groups is 1. The van der Waals surface area contributed by atoms with Crippen LogP contribution in [0.3, 0.4) is 0 Å². The average Bonchev–Trinajstić information content (AvgIpc) is 3.14. The van der Waals surface area contributed by atoms with E-state index in [0.29, 0.717) is 35.8 Å². The molecule has 3 N–H and O–H groups in total. The van der Waals surface area contributed by atoms with Crippen LogP contribution in [0.15, 0.2) is 48.5 Å². The summed E-state index contributed by atoms with van der Waals surface area (Å²) in [6.45, 7) is 2.43. The first-order chi connectivity index (χ1) is 13.7. The number of carbonyl (C=O) groups excluding carboxylic acids is 1. The molecule has 3 rings (SSSR count). The number of H-pyrrole nitrogens is 1. The lowest BCUT2D eigenvalue weighted by atomic mass is 10.1. The lowest BCUT2D eigenvalue weighted by Crippen LogP contribution is -2.28. The molecule has 0 saturated heterocycles. The number of benzene rings is 2. The number of amides is 2. The van der Waals surface area contributed by atoms with Gasteiger partial charge in [-0.25, -0.2) is 4.79 Å². The maximum absolute atomic E-state index is 12.5. The number of rotatable bonds is 7. The fraction of sp³-hybridized carbons (Fsp3) is 0.238. The van der Waals surface area contributed by atoms with Crippen LogP contribution in [0.25, 0.3) is 11.3 Å². The molecule has 7 heteroatoms. The number of aryl methyl sites for hydroxylation is 1. The second-order valence-corrected chi connectivity index (χ2v) is 6.14. The molecule has 0 unspecified atom stereocenters.